The standard InChI is InChI=1S/C16H15NO7S/c1-23-14(18)9-13(16(19)24-2)17-12-8-7-10-5-3-4-6-11(10)15(12)25(20,21)22/h3-9,17H,1-2H3,(H,20,21,22)/b13-9+. The summed E-state index contributed by atoms with van der Waals surface area (Å²) in [6, 6.07) is 9.44. The Bertz CT molecular complexity index is 964. The normalized spacial score (nSPS) is 11.9. The fourth-order valence-electron chi connectivity index (χ4n) is 2.20. The predicted molar refractivity (Wildman–Crippen MR) is 89.5 cm³/mol. The topological polar surface area (TPSA) is 119 Å². The van der Waals surface area contributed by atoms with Gasteiger partial charge in [-0.25, -0.2) is 9.59 Å². The number of hydrogen-bond donors (Lipinski definition) is 2. The molecule has 0 amide bonds. The molecule has 2 aromatic carbocycles. The molecule has 0 aliphatic rings. The molecule has 0 aromatic heterocycles. The Morgan fingerprint density at radius 1 is 1.08 bits per heavy atom. The highest BCUT2D eigenvalue weighted by molar-refractivity contribution is 7.86. The summed E-state index contributed by atoms with van der Waals surface area (Å²) < 4.78 is 42.3. The lowest BCUT2D eigenvalue weighted by molar-refractivity contribution is -0.138. The van der Waals surface area contributed by atoms with Crippen LogP contribution >= 0.6 is 0 Å². The Balaban J connectivity index is 2.65. The van der Waals surface area contributed by atoms with Crippen LogP contribution in [0.1, 0.15) is 0 Å². The van der Waals surface area contributed by atoms with Crippen molar-refractivity contribution in [3.63, 3.8) is 0 Å². The maximum absolute atomic E-state index is 11.9. The minimum absolute atomic E-state index is 0.0956. The van der Waals surface area contributed by atoms with Crippen LogP contribution in [-0.4, -0.2) is 39.1 Å². The first-order chi connectivity index (χ1) is 11.8. The molecule has 0 bridgehead atoms. The molecule has 0 aliphatic carbocycles. The van der Waals surface area contributed by atoms with E-state index in [1.54, 1.807) is 24.3 Å². The maximum atomic E-state index is 11.9. The van der Waals surface area contributed by atoms with E-state index in [-0.39, 0.29) is 16.8 Å². The fourth-order valence-corrected chi connectivity index (χ4v) is 3.06. The molecule has 25 heavy (non-hydrogen) atoms. The van der Waals surface area contributed by atoms with Crippen molar-refractivity contribution in [2.75, 3.05) is 19.5 Å². The molecule has 0 atom stereocenters. The van der Waals surface area contributed by atoms with Crippen LogP contribution in [0.15, 0.2) is 53.1 Å². The van der Waals surface area contributed by atoms with Crippen LogP contribution in [0.25, 0.3) is 10.8 Å². The zero-order valence-corrected chi connectivity index (χ0v) is 14.2. The number of ether oxygens (including phenoxy) is 2. The van der Waals surface area contributed by atoms with E-state index in [9.17, 15) is 22.6 Å². The van der Waals surface area contributed by atoms with Crippen molar-refractivity contribution in [2.24, 2.45) is 0 Å². The minimum Gasteiger partial charge on any atom is -0.466 e. The van der Waals surface area contributed by atoms with Gasteiger partial charge in [0.2, 0.25) is 0 Å². The van der Waals surface area contributed by atoms with Crippen LogP contribution in [0.3, 0.4) is 0 Å². The van der Waals surface area contributed by atoms with Crippen molar-refractivity contribution >= 4 is 38.5 Å². The zero-order valence-electron chi connectivity index (χ0n) is 13.3. The molecule has 2 rings (SSSR count). The van der Waals surface area contributed by atoms with Gasteiger partial charge in [-0.1, -0.05) is 30.3 Å². The summed E-state index contributed by atoms with van der Waals surface area (Å²) in [7, 11) is -2.42. The van der Waals surface area contributed by atoms with Gasteiger partial charge >= 0.3 is 11.9 Å². The molecule has 0 heterocycles. The first-order valence-corrected chi connectivity index (χ1v) is 8.36. The molecule has 0 saturated carbocycles. The Morgan fingerprint density at radius 3 is 2.36 bits per heavy atom. The third-order valence-corrected chi connectivity index (χ3v) is 4.23. The number of methoxy groups -OCH3 is 2. The van der Waals surface area contributed by atoms with Crippen molar-refractivity contribution in [2.45, 2.75) is 4.90 Å². The van der Waals surface area contributed by atoms with Crippen LogP contribution in [-0.2, 0) is 29.2 Å². The summed E-state index contributed by atoms with van der Waals surface area (Å²) in [6.07, 6.45) is 0.814. The van der Waals surface area contributed by atoms with E-state index in [1.165, 1.54) is 12.1 Å². The highest BCUT2D eigenvalue weighted by Gasteiger charge is 2.22. The molecule has 0 unspecified atom stereocenters. The lowest BCUT2D eigenvalue weighted by Crippen LogP contribution is -2.17. The van der Waals surface area contributed by atoms with Gasteiger partial charge in [0.1, 0.15) is 10.6 Å². The van der Waals surface area contributed by atoms with E-state index in [0.717, 1.165) is 20.3 Å². The fraction of sp³-hybridized carbons (Fsp3) is 0.125. The average Bonchev–Trinajstić information content (AvgIpc) is 2.58. The molecule has 9 heteroatoms. The molecule has 2 aromatic rings. The zero-order chi connectivity index (χ0) is 18.6. The van der Waals surface area contributed by atoms with E-state index in [1.807, 2.05) is 0 Å². The van der Waals surface area contributed by atoms with E-state index in [4.69, 9.17) is 0 Å². The molecule has 0 aliphatic heterocycles. The molecule has 8 nitrogen and oxygen atoms in total. The third-order valence-electron chi connectivity index (χ3n) is 3.28. The van der Waals surface area contributed by atoms with Gasteiger partial charge in [0.25, 0.3) is 10.1 Å². The number of hydrogen-bond acceptors (Lipinski definition) is 7. The molecular weight excluding hydrogens is 350 g/mol. The second kappa shape index (κ2) is 7.32. The lowest BCUT2D eigenvalue weighted by atomic mass is 10.1. The largest absolute Gasteiger partial charge is 0.466 e. The first-order valence-electron chi connectivity index (χ1n) is 6.92. The van der Waals surface area contributed by atoms with Crippen molar-refractivity contribution in [3.8, 4) is 0 Å². The predicted octanol–water partition coefficient (Wildman–Crippen LogP) is 1.73. The molecule has 0 fully saturated rings. The van der Waals surface area contributed by atoms with Gasteiger partial charge in [0.05, 0.1) is 26.0 Å². The summed E-state index contributed by atoms with van der Waals surface area (Å²) in [5, 5.41) is 3.32. The van der Waals surface area contributed by atoms with Gasteiger partial charge in [-0.3, -0.25) is 4.55 Å². The number of fused-ring (bicyclic) bond motifs is 1. The van der Waals surface area contributed by atoms with Gasteiger partial charge in [0.15, 0.2) is 0 Å². The molecular formula is C16H15NO7S. The van der Waals surface area contributed by atoms with Crippen LogP contribution in [0.2, 0.25) is 0 Å². The average molecular weight is 365 g/mol. The highest BCUT2D eigenvalue weighted by Crippen LogP contribution is 2.31. The minimum atomic E-state index is -4.63. The quantitative estimate of drug-likeness (QED) is 0.467. The number of nitrogens with one attached hydrogen (secondary N) is 1. The monoisotopic (exact) mass is 365 g/mol. The molecule has 0 spiro atoms. The van der Waals surface area contributed by atoms with E-state index in [0.29, 0.717) is 5.39 Å². The number of anilines is 1. The molecule has 2 N–H and O–H groups in total. The molecule has 0 saturated heterocycles. The number of benzene rings is 2. The second-order valence-corrected chi connectivity index (χ2v) is 6.19. The van der Waals surface area contributed by atoms with Crippen molar-refractivity contribution in [1.29, 1.82) is 0 Å². The van der Waals surface area contributed by atoms with Crippen LogP contribution in [0, 0.1) is 0 Å². The summed E-state index contributed by atoms with van der Waals surface area (Å²) in [4.78, 5) is 22.8. The SMILES string of the molecule is COC(=O)/C=C(/Nc1ccc2ccccc2c1S(=O)(=O)O)C(=O)OC. The number of esters is 2. The Morgan fingerprint density at radius 2 is 1.76 bits per heavy atom. The van der Waals surface area contributed by atoms with E-state index in [2.05, 4.69) is 14.8 Å². The smallest absolute Gasteiger partial charge is 0.354 e. The first kappa shape index (κ1) is 18.4. The van der Waals surface area contributed by atoms with Gasteiger partial charge in [-0.2, -0.15) is 8.42 Å². The Labute approximate surface area is 143 Å². The molecule has 0 radical (unpaired) electrons. The molecule has 132 valence electrons. The van der Waals surface area contributed by atoms with E-state index < -0.39 is 27.0 Å². The van der Waals surface area contributed by atoms with E-state index >= 15 is 0 Å². The second-order valence-electron chi connectivity index (χ2n) is 4.84. The van der Waals surface area contributed by atoms with Crippen LogP contribution in [0.4, 0.5) is 5.69 Å². The number of carbonyl (C=O) groups excluding carboxylic acids is 2. The van der Waals surface area contributed by atoms with Crippen molar-refractivity contribution in [3.05, 3.63) is 48.2 Å². The van der Waals surface area contributed by atoms with Crippen molar-refractivity contribution < 1.29 is 32.0 Å². The summed E-state index contributed by atoms with van der Waals surface area (Å²) >= 11 is 0. The van der Waals surface area contributed by atoms with Crippen molar-refractivity contribution in [1.82, 2.24) is 0 Å². The Hall–Kier alpha value is -2.91. The maximum Gasteiger partial charge on any atom is 0.354 e. The van der Waals surface area contributed by atoms with Gasteiger partial charge in [-0.15, -0.1) is 0 Å². The van der Waals surface area contributed by atoms with Gasteiger partial charge in [-0.05, 0) is 11.5 Å². The Kier molecular flexibility index (Phi) is 5.40. The third kappa shape index (κ3) is 4.14. The summed E-state index contributed by atoms with van der Waals surface area (Å²) in [5.74, 6) is -1.76. The van der Waals surface area contributed by atoms with Gasteiger partial charge < -0.3 is 14.8 Å². The summed E-state index contributed by atoms with van der Waals surface area (Å²) in [5.41, 5.74) is -0.448. The summed E-state index contributed by atoms with van der Waals surface area (Å²) in [6.45, 7) is 0. The number of rotatable bonds is 5. The lowest BCUT2D eigenvalue weighted by Gasteiger charge is -2.14. The highest BCUT2D eigenvalue weighted by atomic mass is 32.2. The van der Waals surface area contributed by atoms with Gasteiger partial charge in [0, 0.05) is 5.39 Å². The van der Waals surface area contributed by atoms with Crippen LogP contribution in [0.5, 0.6) is 0 Å². The van der Waals surface area contributed by atoms with Crippen LogP contribution < -0.4 is 5.32 Å². The number of carbonyl (C=O) groups is 2.